The fourth-order valence-electron chi connectivity index (χ4n) is 4.47. The van der Waals surface area contributed by atoms with Crippen molar-refractivity contribution in [3.63, 3.8) is 0 Å². The molecule has 4 aromatic rings. The molecule has 0 bridgehead atoms. The average Bonchev–Trinajstić information content (AvgIpc) is 3.57. The number of nitrogens with zero attached hydrogens (tertiary/aromatic N) is 6. The lowest BCUT2D eigenvalue weighted by Crippen LogP contribution is -2.35. The third kappa shape index (κ3) is 4.99. The average molecular weight is 488 g/mol. The molecule has 4 heterocycles. The number of nitrogens with one attached hydrogen (secondary N) is 1. The summed E-state index contributed by atoms with van der Waals surface area (Å²) in [5, 5.41) is 7.16. The number of pyridine rings is 1. The minimum Gasteiger partial charge on any atom is -0.385 e. The summed E-state index contributed by atoms with van der Waals surface area (Å²) in [5.41, 5.74) is 2.95. The van der Waals surface area contributed by atoms with E-state index >= 15 is 0 Å². The van der Waals surface area contributed by atoms with Gasteiger partial charge in [-0.25, -0.2) is 14.6 Å². The van der Waals surface area contributed by atoms with Gasteiger partial charge in [0, 0.05) is 57.5 Å². The molecule has 10 heteroatoms. The number of hydrogen-bond donors (Lipinski definition) is 1. The van der Waals surface area contributed by atoms with Crippen molar-refractivity contribution >= 4 is 28.9 Å². The molecule has 1 saturated heterocycles. The van der Waals surface area contributed by atoms with E-state index < -0.39 is 0 Å². The Hall–Kier alpha value is -4.05. The topological polar surface area (TPSA) is 107 Å². The quantitative estimate of drug-likeness (QED) is 0.381. The summed E-state index contributed by atoms with van der Waals surface area (Å²) in [7, 11) is 1.65. The zero-order valence-electron chi connectivity index (χ0n) is 20.3. The van der Waals surface area contributed by atoms with Gasteiger partial charge in [-0.1, -0.05) is 6.07 Å². The highest BCUT2D eigenvalue weighted by molar-refractivity contribution is 6.04. The molecule has 0 spiro atoms. The fraction of sp³-hybridized carbons (Fsp3) is 0.346. The van der Waals surface area contributed by atoms with Crippen molar-refractivity contribution in [2.24, 2.45) is 0 Å². The van der Waals surface area contributed by atoms with E-state index in [1.807, 2.05) is 33.9 Å². The molecule has 0 saturated carbocycles. The van der Waals surface area contributed by atoms with Gasteiger partial charge in [-0.3, -0.25) is 19.5 Å². The van der Waals surface area contributed by atoms with Crippen LogP contribution in [0.4, 0.5) is 5.95 Å². The van der Waals surface area contributed by atoms with Crippen LogP contribution in [0.5, 0.6) is 0 Å². The molecule has 186 valence electrons. The highest BCUT2D eigenvalue weighted by Gasteiger charge is 2.21. The summed E-state index contributed by atoms with van der Waals surface area (Å²) in [6, 6.07) is 10.8. The van der Waals surface area contributed by atoms with E-state index in [1.54, 1.807) is 42.4 Å². The van der Waals surface area contributed by atoms with Crippen molar-refractivity contribution < 1.29 is 14.3 Å². The molecule has 0 aliphatic carbocycles. The van der Waals surface area contributed by atoms with Crippen LogP contribution in [0.1, 0.15) is 46.4 Å². The Kier molecular flexibility index (Phi) is 7.03. The lowest BCUT2D eigenvalue weighted by atomic mass is 10.1. The second-order valence-corrected chi connectivity index (χ2v) is 8.81. The molecular weight excluding hydrogens is 458 g/mol. The van der Waals surface area contributed by atoms with Crippen molar-refractivity contribution in [1.29, 1.82) is 0 Å². The molecule has 1 aromatic carbocycles. The second-order valence-electron chi connectivity index (χ2n) is 8.81. The number of fused-ring (bicyclic) bond motifs is 1. The monoisotopic (exact) mass is 487 g/mol. The smallest absolute Gasteiger partial charge is 0.258 e. The Balaban J connectivity index is 1.43. The number of piperidine rings is 1. The van der Waals surface area contributed by atoms with Crippen LogP contribution in [-0.2, 0) is 11.3 Å². The largest absolute Gasteiger partial charge is 0.385 e. The van der Waals surface area contributed by atoms with Crippen molar-refractivity contribution in [1.82, 2.24) is 29.2 Å². The van der Waals surface area contributed by atoms with E-state index in [9.17, 15) is 9.59 Å². The molecule has 1 fully saturated rings. The van der Waals surface area contributed by atoms with Gasteiger partial charge in [-0.15, -0.1) is 0 Å². The summed E-state index contributed by atoms with van der Waals surface area (Å²) < 4.78 is 8.76. The number of carbonyl (C=O) groups excluding carboxylic acids is 2. The van der Waals surface area contributed by atoms with E-state index in [1.165, 1.54) is 0 Å². The van der Waals surface area contributed by atoms with Crippen LogP contribution < -0.4 is 5.32 Å². The number of likely N-dealkylation sites (tertiary alicyclic amines) is 1. The SMILES string of the molecule is COCCCn1c(NC(=O)c2cccc(-n3cccn3)c2)nc2cc(C(=O)N3CCCCC3)cnc21. The molecule has 0 unspecified atom stereocenters. The number of carbonyl (C=O) groups is 2. The van der Waals surface area contributed by atoms with Crippen LogP contribution in [0.25, 0.3) is 16.9 Å². The molecule has 1 aliphatic heterocycles. The molecule has 1 N–H and O–H groups in total. The number of benzene rings is 1. The van der Waals surface area contributed by atoms with E-state index in [-0.39, 0.29) is 11.8 Å². The van der Waals surface area contributed by atoms with Crippen LogP contribution in [0.15, 0.2) is 55.0 Å². The Morgan fingerprint density at radius 3 is 2.72 bits per heavy atom. The van der Waals surface area contributed by atoms with Gasteiger partial charge < -0.3 is 9.64 Å². The molecule has 10 nitrogen and oxygen atoms in total. The Bertz CT molecular complexity index is 1360. The van der Waals surface area contributed by atoms with E-state index in [2.05, 4.69) is 20.4 Å². The third-order valence-corrected chi connectivity index (χ3v) is 6.31. The van der Waals surface area contributed by atoms with Crippen molar-refractivity contribution in [3.8, 4) is 5.69 Å². The molecule has 1 aliphatic rings. The summed E-state index contributed by atoms with van der Waals surface area (Å²) in [5.74, 6) is 0.0571. The number of imidazole rings is 1. The molecule has 0 radical (unpaired) electrons. The Labute approximate surface area is 208 Å². The highest BCUT2D eigenvalue weighted by atomic mass is 16.5. The third-order valence-electron chi connectivity index (χ3n) is 6.31. The van der Waals surface area contributed by atoms with Gasteiger partial charge >= 0.3 is 0 Å². The number of anilines is 1. The van der Waals surface area contributed by atoms with Gasteiger partial charge in [0.25, 0.3) is 11.8 Å². The predicted octanol–water partition coefficient (Wildman–Crippen LogP) is 3.53. The first-order valence-corrected chi connectivity index (χ1v) is 12.2. The summed E-state index contributed by atoms with van der Waals surface area (Å²) >= 11 is 0. The van der Waals surface area contributed by atoms with Gasteiger partial charge in [0.05, 0.1) is 11.3 Å². The predicted molar refractivity (Wildman–Crippen MR) is 135 cm³/mol. The standard InChI is InChI=1S/C26H29N7O3/c1-36-15-7-13-32-23-22(17-20(18-27-23)25(35)31-11-3-2-4-12-31)29-26(32)30-24(34)19-8-5-9-21(16-19)33-14-6-10-28-33/h5-6,8-10,14,16-18H,2-4,7,11-13,15H2,1H3,(H,29,30,34). The van der Waals surface area contributed by atoms with Gasteiger partial charge in [0.15, 0.2) is 5.65 Å². The first kappa shape index (κ1) is 23.7. The molecule has 5 rings (SSSR count). The summed E-state index contributed by atoms with van der Waals surface area (Å²) in [4.78, 5) is 37.3. The van der Waals surface area contributed by atoms with Gasteiger partial charge in [0.2, 0.25) is 5.95 Å². The Morgan fingerprint density at radius 1 is 1.08 bits per heavy atom. The normalized spacial score (nSPS) is 13.8. The Morgan fingerprint density at radius 2 is 1.94 bits per heavy atom. The number of aromatic nitrogens is 5. The van der Waals surface area contributed by atoms with Crippen molar-refractivity contribution in [2.75, 3.05) is 32.1 Å². The number of methoxy groups -OCH3 is 1. The second kappa shape index (κ2) is 10.7. The van der Waals surface area contributed by atoms with Crippen LogP contribution in [0.2, 0.25) is 0 Å². The fourth-order valence-corrected chi connectivity index (χ4v) is 4.47. The van der Waals surface area contributed by atoms with Crippen LogP contribution in [0, 0.1) is 0 Å². The molecule has 0 atom stereocenters. The maximum Gasteiger partial charge on any atom is 0.258 e. The van der Waals surface area contributed by atoms with Gasteiger partial charge in [-0.2, -0.15) is 5.10 Å². The maximum atomic E-state index is 13.2. The first-order valence-electron chi connectivity index (χ1n) is 12.2. The van der Waals surface area contributed by atoms with Crippen molar-refractivity contribution in [3.05, 3.63) is 66.1 Å². The van der Waals surface area contributed by atoms with E-state index in [0.717, 1.165) is 44.5 Å². The lowest BCUT2D eigenvalue weighted by molar-refractivity contribution is 0.0724. The van der Waals surface area contributed by atoms with Crippen molar-refractivity contribution in [2.45, 2.75) is 32.2 Å². The zero-order valence-corrected chi connectivity index (χ0v) is 20.3. The summed E-state index contributed by atoms with van der Waals surface area (Å²) in [6.07, 6.45) is 9.03. The molecular formula is C26H29N7O3. The first-order chi connectivity index (χ1) is 17.6. The number of amides is 2. The molecule has 3 aromatic heterocycles. The number of hydrogen-bond acceptors (Lipinski definition) is 6. The number of ether oxygens (including phenoxy) is 1. The highest BCUT2D eigenvalue weighted by Crippen LogP contribution is 2.22. The van der Waals surface area contributed by atoms with Crippen LogP contribution in [-0.4, -0.2) is 67.8 Å². The lowest BCUT2D eigenvalue weighted by Gasteiger charge is -2.26. The zero-order chi connectivity index (χ0) is 24.9. The summed E-state index contributed by atoms with van der Waals surface area (Å²) in [6.45, 7) is 2.65. The van der Waals surface area contributed by atoms with Gasteiger partial charge in [0.1, 0.15) is 5.52 Å². The molecule has 36 heavy (non-hydrogen) atoms. The van der Waals surface area contributed by atoms with E-state index in [0.29, 0.717) is 41.4 Å². The van der Waals surface area contributed by atoms with Gasteiger partial charge in [-0.05, 0) is 56.0 Å². The maximum absolute atomic E-state index is 13.2. The minimum absolute atomic E-state index is 0.0287. The van der Waals surface area contributed by atoms with Crippen LogP contribution >= 0.6 is 0 Å². The van der Waals surface area contributed by atoms with E-state index in [4.69, 9.17) is 4.74 Å². The number of aryl methyl sites for hydroxylation is 1. The minimum atomic E-state index is -0.295. The number of rotatable bonds is 8. The van der Waals surface area contributed by atoms with Crippen LogP contribution in [0.3, 0.4) is 0 Å². The molecule has 2 amide bonds.